The van der Waals surface area contributed by atoms with Gasteiger partial charge in [0.15, 0.2) is 0 Å². The van der Waals surface area contributed by atoms with E-state index in [2.05, 4.69) is 29.6 Å². The monoisotopic (exact) mass is 285 g/mol. The van der Waals surface area contributed by atoms with Crippen LogP contribution in [0.1, 0.15) is 68.9 Å². The Hall–Kier alpha value is -0.820. The van der Waals surface area contributed by atoms with Crippen molar-refractivity contribution in [1.82, 2.24) is 5.32 Å². The molecule has 0 bridgehead atoms. The van der Waals surface area contributed by atoms with Gasteiger partial charge in [0.1, 0.15) is 0 Å². The highest BCUT2D eigenvalue weighted by atomic mass is 14.9. The van der Waals surface area contributed by atoms with E-state index in [0.29, 0.717) is 6.04 Å². The molecule has 0 spiro atoms. The summed E-state index contributed by atoms with van der Waals surface area (Å²) in [4.78, 5) is 0. The van der Waals surface area contributed by atoms with Crippen LogP contribution in [0, 0.1) is 5.92 Å². The molecule has 3 rings (SSSR count). The van der Waals surface area contributed by atoms with Crippen LogP contribution < -0.4 is 5.32 Å². The average Bonchev–Trinajstić information content (AvgIpc) is 2.56. The third-order valence-corrected chi connectivity index (χ3v) is 5.48. The van der Waals surface area contributed by atoms with Crippen LogP contribution in [0.15, 0.2) is 24.3 Å². The van der Waals surface area contributed by atoms with Crippen molar-refractivity contribution in [3.8, 4) is 0 Å². The van der Waals surface area contributed by atoms with Gasteiger partial charge in [0.2, 0.25) is 0 Å². The van der Waals surface area contributed by atoms with Crippen molar-refractivity contribution in [2.75, 3.05) is 6.54 Å². The van der Waals surface area contributed by atoms with Crippen molar-refractivity contribution in [2.24, 2.45) is 5.92 Å². The van der Waals surface area contributed by atoms with E-state index in [9.17, 15) is 0 Å². The Balaban J connectivity index is 1.44. The van der Waals surface area contributed by atoms with Gasteiger partial charge in [0, 0.05) is 6.04 Å². The van der Waals surface area contributed by atoms with E-state index < -0.39 is 0 Å². The normalized spacial score (nSPS) is 24.1. The fourth-order valence-electron chi connectivity index (χ4n) is 4.07. The van der Waals surface area contributed by atoms with Crippen LogP contribution >= 0.6 is 0 Å². The molecule has 1 aromatic rings. The van der Waals surface area contributed by atoms with Gasteiger partial charge in [0.25, 0.3) is 0 Å². The van der Waals surface area contributed by atoms with E-state index in [-0.39, 0.29) is 0 Å². The molecule has 1 saturated carbocycles. The summed E-state index contributed by atoms with van der Waals surface area (Å²) in [5, 5.41) is 3.65. The van der Waals surface area contributed by atoms with Crippen molar-refractivity contribution in [1.29, 1.82) is 0 Å². The summed E-state index contributed by atoms with van der Waals surface area (Å²) < 4.78 is 0. The summed E-state index contributed by atoms with van der Waals surface area (Å²) in [6, 6.07) is 10.2. The summed E-state index contributed by atoms with van der Waals surface area (Å²) in [6.07, 6.45) is 15.4. The number of benzene rings is 1. The maximum Gasteiger partial charge on any atom is 0.0107 e. The second kappa shape index (κ2) is 7.98. The number of rotatable bonds is 5. The van der Waals surface area contributed by atoms with Gasteiger partial charge in [-0.1, -0.05) is 62.8 Å². The molecule has 0 radical (unpaired) electrons. The topological polar surface area (TPSA) is 12.0 Å². The molecule has 1 saturated heterocycles. The van der Waals surface area contributed by atoms with E-state index >= 15 is 0 Å². The van der Waals surface area contributed by atoms with Gasteiger partial charge in [-0.3, -0.25) is 0 Å². The number of aryl methyl sites for hydroxylation is 1. The first kappa shape index (κ1) is 15.1. The third-order valence-electron chi connectivity index (χ3n) is 5.48. The van der Waals surface area contributed by atoms with Crippen molar-refractivity contribution in [3.05, 3.63) is 35.4 Å². The van der Waals surface area contributed by atoms with Crippen LogP contribution in [0.25, 0.3) is 0 Å². The fourth-order valence-corrected chi connectivity index (χ4v) is 4.07. The summed E-state index contributed by atoms with van der Waals surface area (Å²) >= 11 is 0. The highest BCUT2D eigenvalue weighted by molar-refractivity contribution is 5.23. The molecule has 1 atom stereocenters. The molecule has 0 amide bonds. The smallest absolute Gasteiger partial charge is 0.0107 e. The molecule has 116 valence electrons. The van der Waals surface area contributed by atoms with E-state index in [1.54, 1.807) is 5.56 Å². The molecule has 1 N–H and O–H groups in total. The predicted molar refractivity (Wildman–Crippen MR) is 90.7 cm³/mol. The minimum atomic E-state index is 0.715. The van der Waals surface area contributed by atoms with Gasteiger partial charge in [-0.15, -0.1) is 0 Å². The molecule has 1 unspecified atom stereocenters. The molecule has 21 heavy (non-hydrogen) atoms. The van der Waals surface area contributed by atoms with Gasteiger partial charge < -0.3 is 5.32 Å². The molecule has 1 aliphatic carbocycles. The van der Waals surface area contributed by atoms with Gasteiger partial charge in [-0.25, -0.2) is 0 Å². The molecule has 1 heteroatoms. The summed E-state index contributed by atoms with van der Waals surface area (Å²) in [6.45, 7) is 1.21. The number of hydrogen-bond donors (Lipinski definition) is 1. The van der Waals surface area contributed by atoms with E-state index in [4.69, 9.17) is 0 Å². The number of piperidine rings is 1. The maximum absolute atomic E-state index is 3.65. The largest absolute Gasteiger partial charge is 0.314 e. The lowest BCUT2D eigenvalue weighted by molar-refractivity contribution is 0.339. The number of nitrogens with one attached hydrogen (secondary N) is 1. The summed E-state index contributed by atoms with van der Waals surface area (Å²) in [5.41, 5.74) is 3.05. The van der Waals surface area contributed by atoms with E-state index in [0.717, 1.165) is 5.92 Å². The first-order valence-electron chi connectivity index (χ1n) is 9.21. The average molecular weight is 285 g/mol. The second-order valence-corrected chi connectivity index (χ2v) is 7.21. The molecule has 1 heterocycles. The summed E-state index contributed by atoms with van der Waals surface area (Å²) in [7, 11) is 0. The molecule has 1 aromatic carbocycles. The fraction of sp³-hybridized carbons (Fsp3) is 0.700. The zero-order chi connectivity index (χ0) is 14.3. The summed E-state index contributed by atoms with van der Waals surface area (Å²) in [5.74, 6) is 1.00. The standard InChI is InChI=1S/C20H31N/c1-2-6-17(7-3-1)9-10-18-11-13-19(14-12-18)16-20-8-4-5-15-21-20/h11-14,17,20-21H,1-10,15-16H2. The highest BCUT2D eigenvalue weighted by Crippen LogP contribution is 2.27. The Kier molecular flexibility index (Phi) is 5.74. The third kappa shape index (κ3) is 4.85. The molecule has 2 aliphatic rings. The molecule has 1 aliphatic heterocycles. The first-order chi connectivity index (χ1) is 10.4. The predicted octanol–water partition coefficient (Wildman–Crippen LogP) is 4.88. The molecular formula is C20H31N. The van der Waals surface area contributed by atoms with Crippen molar-refractivity contribution in [3.63, 3.8) is 0 Å². The van der Waals surface area contributed by atoms with Crippen molar-refractivity contribution in [2.45, 2.75) is 76.7 Å². The van der Waals surface area contributed by atoms with Gasteiger partial charge in [-0.2, -0.15) is 0 Å². The Morgan fingerprint density at radius 2 is 1.52 bits per heavy atom. The lowest BCUT2D eigenvalue weighted by Crippen LogP contribution is -2.35. The van der Waals surface area contributed by atoms with Crippen LogP contribution in [0.3, 0.4) is 0 Å². The Morgan fingerprint density at radius 1 is 0.810 bits per heavy atom. The maximum atomic E-state index is 3.65. The van der Waals surface area contributed by atoms with Gasteiger partial charge in [0.05, 0.1) is 0 Å². The van der Waals surface area contributed by atoms with Gasteiger partial charge >= 0.3 is 0 Å². The zero-order valence-corrected chi connectivity index (χ0v) is 13.4. The Bertz CT molecular complexity index is 396. The minimum Gasteiger partial charge on any atom is -0.314 e. The van der Waals surface area contributed by atoms with Crippen molar-refractivity contribution < 1.29 is 0 Å². The van der Waals surface area contributed by atoms with Gasteiger partial charge in [-0.05, 0) is 55.7 Å². The zero-order valence-electron chi connectivity index (χ0n) is 13.4. The van der Waals surface area contributed by atoms with Crippen LogP contribution in [-0.4, -0.2) is 12.6 Å². The lowest BCUT2D eigenvalue weighted by atomic mass is 9.85. The van der Waals surface area contributed by atoms with Crippen LogP contribution in [0.5, 0.6) is 0 Å². The quantitative estimate of drug-likeness (QED) is 0.812. The molecule has 2 fully saturated rings. The Labute approximate surface area is 130 Å². The molecule has 1 nitrogen and oxygen atoms in total. The highest BCUT2D eigenvalue weighted by Gasteiger charge is 2.14. The van der Waals surface area contributed by atoms with E-state index in [1.807, 2.05) is 0 Å². The molecule has 0 aromatic heterocycles. The lowest BCUT2D eigenvalue weighted by Gasteiger charge is -2.23. The Morgan fingerprint density at radius 3 is 2.24 bits per heavy atom. The van der Waals surface area contributed by atoms with Crippen LogP contribution in [0.4, 0.5) is 0 Å². The van der Waals surface area contributed by atoms with Crippen LogP contribution in [-0.2, 0) is 12.8 Å². The van der Waals surface area contributed by atoms with E-state index in [1.165, 1.54) is 82.7 Å². The molecular weight excluding hydrogens is 254 g/mol. The number of hydrogen-bond acceptors (Lipinski definition) is 1. The first-order valence-corrected chi connectivity index (χ1v) is 9.21. The van der Waals surface area contributed by atoms with Crippen LogP contribution in [0.2, 0.25) is 0 Å². The van der Waals surface area contributed by atoms with Crippen molar-refractivity contribution >= 4 is 0 Å². The minimum absolute atomic E-state index is 0.715. The SMILES string of the molecule is c1cc(CC2CCCCN2)ccc1CCC1CCCCC1. The second-order valence-electron chi connectivity index (χ2n) is 7.21.